The van der Waals surface area contributed by atoms with Crippen LogP contribution in [0.2, 0.25) is 0 Å². The summed E-state index contributed by atoms with van der Waals surface area (Å²) in [5, 5.41) is 4.99. The van der Waals surface area contributed by atoms with Crippen LogP contribution in [0.5, 0.6) is 0 Å². The minimum Gasteiger partial charge on any atom is -0.452 e. The molecule has 2 N–H and O–H groups in total. The number of amides is 3. The number of nitrogens with one attached hydrogen (secondary N) is 2. The van der Waals surface area contributed by atoms with Crippen LogP contribution in [0.25, 0.3) is 0 Å². The summed E-state index contributed by atoms with van der Waals surface area (Å²) >= 11 is 0. The van der Waals surface area contributed by atoms with Gasteiger partial charge in [0.15, 0.2) is 12.4 Å². The monoisotopic (exact) mass is 422 g/mol. The molecule has 0 bridgehead atoms. The maximum absolute atomic E-state index is 12.4. The molecule has 2 atom stereocenters. The first kappa shape index (κ1) is 22.2. The second-order valence-corrected chi connectivity index (χ2v) is 7.74. The molecule has 1 fully saturated rings. The predicted octanol–water partition coefficient (Wildman–Crippen LogP) is 3.48. The molecule has 1 aliphatic carbocycles. The first-order chi connectivity index (χ1) is 14.9. The molecule has 2 aromatic rings. The number of esters is 1. The van der Waals surface area contributed by atoms with Crippen LogP contribution in [-0.2, 0) is 9.53 Å². The Hall–Kier alpha value is -3.48. The van der Waals surface area contributed by atoms with Crippen molar-refractivity contribution < 1.29 is 23.9 Å². The minimum atomic E-state index is -0.713. The molecule has 162 valence electrons. The van der Waals surface area contributed by atoms with Crippen LogP contribution >= 0.6 is 0 Å². The average molecular weight is 422 g/mol. The zero-order chi connectivity index (χ0) is 22.2. The van der Waals surface area contributed by atoms with Gasteiger partial charge in [0.1, 0.15) is 0 Å². The first-order valence-corrected chi connectivity index (χ1v) is 10.4. The Morgan fingerprint density at radius 1 is 0.871 bits per heavy atom. The molecule has 0 spiro atoms. The van der Waals surface area contributed by atoms with Gasteiger partial charge < -0.3 is 10.1 Å². The van der Waals surface area contributed by atoms with E-state index in [1.165, 1.54) is 24.3 Å². The summed E-state index contributed by atoms with van der Waals surface area (Å²) in [6.45, 7) is 1.50. The standard InChI is InChI=1S/C24H26N2O5/c1-16-7-5-6-10-20(16)25-24(30)26-21(27)15-31-23(29)19-13-11-18(12-14-19)22(28)17-8-3-2-4-9-17/h2-4,8-9,11-14,16,20H,5-7,10,15H2,1H3,(H2,25,26,27,30)/t16-,20+/m1/s1. The molecular weight excluding hydrogens is 396 g/mol. The summed E-state index contributed by atoms with van der Waals surface area (Å²) in [7, 11) is 0. The van der Waals surface area contributed by atoms with Gasteiger partial charge in [-0.3, -0.25) is 14.9 Å². The Morgan fingerprint density at radius 3 is 2.16 bits per heavy atom. The Labute approximate surface area is 181 Å². The number of ether oxygens (including phenoxy) is 1. The number of urea groups is 1. The summed E-state index contributed by atoms with van der Waals surface area (Å²) in [5.74, 6) is -1.21. The van der Waals surface area contributed by atoms with Crippen molar-refractivity contribution in [2.75, 3.05) is 6.61 Å². The molecule has 31 heavy (non-hydrogen) atoms. The van der Waals surface area contributed by atoms with Gasteiger partial charge in [0, 0.05) is 17.2 Å². The third-order valence-corrected chi connectivity index (χ3v) is 5.43. The van der Waals surface area contributed by atoms with Gasteiger partial charge in [-0.15, -0.1) is 0 Å². The highest BCUT2D eigenvalue weighted by Gasteiger charge is 2.23. The molecule has 3 amide bonds. The third-order valence-electron chi connectivity index (χ3n) is 5.43. The normalized spacial score (nSPS) is 18.0. The van der Waals surface area contributed by atoms with Crippen molar-refractivity contribution in [2.24, 2.45) is 5.92 Å². The Bertz CT molecular complexity index is 940. The van der Waals surface area contributed by atoms with Crippen LogP contribution in [0.4, 0.5) is 4.79 Å². The van der Waals surface area contributed by atoms with Gasteiger partial charge in [0.25, 0.3) is 5.91 Å². The van der Waals surface area contributed by atoms with Gasteiger partial charge in [0.05, 0.1) is 5.56 Å². The number of benzene rings is 2. The molecule has 7 nitrogen and oxygen atoms in total. The van der Waals surface area contributed by atoms with E-state index < -0.39 is 24.5 Å². The molecule has 0 heterocycles. The lowest BCUT2D eigenvalue weighted by Gasteiger charge is -2.29. The highest BCUT2D eigenvalue weighted by atomic mass is 16.5. The number of carbonyl (C=O) groups excluding carboxylic acids is 4. The van der Waals surface area contributed by atoms with Crippen LogP contribution < -0.4 is 10.6 Å². The van der Waals surface area contributed by atoms with Gasteiger partial charge in [-0.25, -0.2) is 9.59 Å². The molecule has 0 saturated heterocycles. The van der Waals surface area contributed by atoms with Crippen molar-refractivity contribution in [1.29, 1.82) is 0 Å². The second-order valence-electron chi connectivity index (χ2n) is 7.74. The summed E-state index contributed by atoms with van der Waals surface area (Å²) in [4.78, 5) is 48.5. The summed E-state index contributed by atoms with van der Waals surface area (Å²) in [6, 6.07) is 14.3. The van der Waals surface area contributed by atoms with E-state index in [-0.39, 0.29) is 17.4 Å². The molecule has 1 aliphatic rings. The SMILES string of the molecule is C[C@@H]1CCCC[C@@H]1NC(=O)NC(=O)COC(=O)c1ccc(C(=O)c2ccccc2)cc1. The van der Waals surface area contributed by atoms with E-state index in [2.05, 4.69) is 17.6 Å². The van der Waals surface area contributed by atoms with Crippen LogP contribution in [0, 0.1) is 5.92 Å². The summed E-state index contributed by atoms with van der Waals surface area (Å²) in [6.07, 6.45) is 4.14. The van der Waals surface area contributed by atoms with Crippen LogP contribution in [0.1, 0.15) is 58.9 Å². The molecule has 2 aromatic carbocycles. The highest BCUT2D eigenvalue weighted by molar-refractivity contribution is 6.09. The predicted molar refractivity (Wildman–Crippen MR) is 115 cm³/mol. The van der Waals surface area contributed by atoms with E-state index in [0.29, 0.717) is 17.0 Å². The molecule has 1 saturated carbocycles. The van der Waals surface area contributed by atoms with E-state index >= 15 is 0 Å². The molecule has 0 unspecified atom stereocenters. The summed E-state index contributed by atoms with van der Waals surface area (Å²) < 4.78 is 4.97. The van der Waals surface area contributed by atoms with E-state index in [1.54, 1.807) is 24.3 Å². The third kappa shape index (κ3) is 6.25. The zero-order valence-corrected chi connectivity index (χ0v) is 17.4. The van der Waals surface area contributed by atoms with Crippen LogP contribution in [-0.4, -0.2) is 36.3 Å². The largest absolute Gasteiger partial charge is 0.452 e. The van der Waals surface area contributed by atoms with Gasteiger partial charge in [-0.2, -0.15) is 0 Å². The van der Waals surface area contributed by atoms with Crippen molar-refractivity contribution in [2.45, 2.75) is 38.6 Å². The van der Waals surface area contributed by atoms with Gasteiger partial charge >= 0.3 is 12.0 Å². The van der Waals surface area contributed by atoms with E-state index in [1.807, 2.05) is 6.07 Å². The highest BCUT2D eigenvalue weighted by Crippen LogP contribution is 2.23. The minimum absolute atomic E-state index is 0.0428. The Balaban J connectivity index is 1.46. The van der Waals surface area contributed by atoms with Crippen molar-refractivity contribution in [1.82, 2.24) is 10.6 Å². The van der Waals surface area contributed by atoms with Crippen molar-refractivity contribution in [3.05, 3.63) is 71.3 Å². The topological polar surface area (TPSA) is 102 Å². The number of hydrogen-bond donors (Lipinski definition) is 2. The maximum atomic E-state index is 12.4. The Kier molecular flexibility index (Phi) is 7.54. The molecule has 7 heteroatoms. The van der Waals surface area contributed by atoms with Crippen LogP contribution in [0.15, 0.2) is 54.6 Å². The van der Waals surface area contributed by atoms with Crippen molar-refractivity contribution >= 4 is 23.7 Å². The molecule has 0 aliphatic heterocycles. The quantitative estimate of drug-likeness (QED) is 0.548. The zero-order valence-electron chi connectivity index (χ0n) is 17.4. The van der Waals surface area contributed by atoms with Crippen LogP contribution in [0.3, 0.4) is 0 Å². The van der Waals surface area contributed by atoms with Crippen molar-refractivity contribution in [3.8, 4) is 0 Å². The Morgan fingerprint density at radius 2 is 1.48 bits per heavy atom. The lowest BCUT2D eigenvalue weighted by molar-refractivity contribution is -0.123. The lowest BCUT2D eigenvalue weighted by Crippen LogP contribution is -2.48. The van der Waals surface area contributed by atoms with Gasteiger partial charge in [0.2, 0.25) is 0 Å². The molecule has 3 rings (SSSR count). The number of hydrogen-bond acceptors (Lipinski definition) is 5. The van der Waals surface area contributed by atoms with E-state index in [9.17, 15) is 19.2 Å². The number of imide groups is 1. The van der Waals surface area contributed by atoms with Crippen molar-refractivity contribution in [3.63, 3.8) is 0 Å². The lowest BCUT2D eigenvalue weighted by atomic mass is 9.86. The summed E-state index contributed by atoms with van der Waals surface area (Å²) in [5.41, 5.74) is 1.20. The number of rotatable bonds is 6. The second kappa shape index (κ2) is 10.5. The fraction of sp³-hybridized carbons (Fsp3) is 0.333. The molecule has 0 radical (unpaired) electrons. The molecular formula is C24H26N2O5. The number of carbonyl (C=O) groups is 4. The first-order valence-electron chi connectivity index (χ1n) is 10.4. The van der Waals surface area contributed by atoms with Gasteiger partial charge in [-0.1, -0.05) is 62.2 Å². The average Bonchev–Trinajstić information content (AvgIpc) is 2.79. The van der Waals surface area contributed by atoms with Gasteiger partial charge in [-0.05, 0) is 30.9 Å². The smallest absolute Gasteiger partial charge is 0.338 e. The van der Waals surface area contributed by atoms with E-state index in [4.69, 9.17) is 4.74 Å². The fourth-order valence-corrected chi connectivity index (χ4v) is 3.63. The van der Waals surface area contributed by atoms with E-state index in [0.717, 1.165) is 25.7 Å². The molecule has 0 aromatic heterocycles. The fourth-order valence-electron chi connectivity index (χ4n) is 3.63. The maximum Gasteiger partial charge on any atom is 0.338 e. The number of ketones is 1.